The van der Waals surface area contributed by atoms with Gasteiger partial charge in [-0.2, -0.15) is 0 Å². The molecule has 5 rings (SSSR count). The van der Waals surface area contributed by atoms with E-state index in [0.29, 0.717) is 10.9 Å². The molecule has 1 saturated heterocycles. The average Bonchev–Trinajstić information content (AvgIpc) is 3.40. The molecule has 0 amide bonds. The summed E-state index contributed by atoms with van der Waals surface area (Å²) in [5, 5.41) is 4.19. The van der Waals surface area contributed by atoms with Crippen molar-refractivity contribution in [3.8, 4) is 17.2 Å². The minimum absolute atomic E-state index is 0.144. The van der Waals surface area contributed by atoms with E-state index in [1.54, 1.807) is 14.2 Å². The molecule has 0 radical (unpaired) electrons. The van der Waals surface area contributed by atoms with Gasteiger partial charge in [0.1, 0.15) is 11.5 Å². The lowest BCUT2D eigenvalue weighted by atomic mass is 9.96. The van der Waals surface area contributed by atoms with Crippen LogP contribution in [-0.4, -0.2) is 28.9 Å². The molecule has 1 aliphatic rings. The van der Waals surface area contributed by atoms with Crippen molar-refractivity contribution in [3.63, 3.8) is 0 Å². The van der Waals surface area contributed by atoms with Crippen molar-refractivity contribution in [2.75, 3.05) is 19.1 Å². The number of aryl methyl sites for hydroxylation is 2. The predicted molar refractivity (Wildman–Crippen MR) is 152 cm³/mol. The highest BCUT2D eigenvalue weighted by Crippen LogP contribution is 2.47. The maximum absolute atomic E-state index is 5.95. The zero-order valence-electron chi connectivity index (χ0n) is 22.1. The second-order valence-corrected chi connectivity index (χ2v) is 9.80. The molecular weight excluding hydrogens is 480 g/mol. The van der Waals surface area contributed by atoms with Gasteiger partial charge in [0.05, 0.1) is 37.7 Å². The number of thiocarbonyl (C=S) groups is 1. The maximum atomic E-state index is 5.95. The maximum Gasteiger partial charge on any atom is 0.174 e. The fourth-order valence-electron chi connectivity index (χ4n) is 5.35. The van der Waals surface area contributed by atoms with Gasteiger partial charge in [-0.05, 0) is 93.0 Å². The normalized spacial score (nSPS) is 17.1. The van der Waals surface area contributed by atoms with Gasteiger partial charge < -0.3 is 24.3 Å². The Balaban J connectivity index is 1.72. The SMILES string of the molecule is COc1ccc(N2C(=S)N[C@H](c3ccccn3)[C@@H]2c2cc(C)n(-c3cccc(C)c3C)c2C)c(OC)c1. The van der Waals surface area contributed by atoms with Crippen molar-refractivity contribution in [3.05, 3.63) is 101 Å². The van der Waals surface area contributed by atoms with Crippen molar-refractivity contribution >= 4 is 23.0 Å². The van der Waals surface area contributed by atoms with Crippen molar-refractivity contribution in [1.82, 2.24) is 14.9 Å². The fourth-order valence-corrected chi connectivity index (χ4v) is 5.69. The topological polar surface area (TPSA) is 51.5 Å². The lowest BCUT2D eigenvalue weighted by Gasteiger charge is -2.29. The number of hydrogen-bond acceptors (Lipinski definition) is 4. The van der Waals surface area contributed by atoms with E-state index in [1.807, 2.05) is 42.6 Å². The van der Waals surface area contributed by atoms with Gasteiger partial charge in [0.15, 0.2) is 5.11 Å². The number of hydrogen-bond donors (Lipinski definition) is 1. The predicted octanol–water partition coefficient (Wildman–Crippen LogP) is 6.30. The summed E-state index contributed by atoms with van der Waals surface area (Å²) in [5.41, 5.74) is 9.05. The molecule has 2 aromatic heterocycles. The molecule has 0 unspecified atom stereocenters. The number of ether oxygens (including phenoxy) is 2. The van der Waals surface area contributed by atoms with Gasteiger partial charge in [-0.25, -0.2) is 0 Å². The van der Waals surface area contributed by atoms with Crippen molar-refractivity contribution < 1.29 is 9.47 Å². The third-order valence-corrected chi connectivity index (χ3v) is 7.66. The first-order valence-corrected chi connectivity index (χ1v) is 12.7. The van der Waals surface area contributed by atoms with Crippen LogP contribution in [0.25, 0.3) is 5.69 Å². The summed E-state index contributed by atoms with van der Waals surface area (Å²) >= 11 is 5.95. The Kier molecular flexibility index (Phi) is 6.65. The first-order valence-electron chi connectivity index (χ1n) is 12.3. The first-order chi connectivity index (χ1) is 17.8. The Morgan fingerprint density at radius 3 is 2.41 bits per heavy atom. The Morgan fingerprint density at radius 1 is 0.892 bits per heavy atom. The Morgan fingerprint density at radius 2 is 1.70 bits per heavy atom. The highest BCUT2D eigenvalue weighted by atomic mass is 32.1. The Hall–Kier alpha value is -3.84. The number of nitrogens with zero attached hydrogens (tertiary/aromatic N) is 3. The van der Waals surface area contributed by atoms with Crippen LogP contribution < -0.4 is 19.7 Å². The minimum Gasteiger partial charge on any atom is -0.497 e. The van der Waals surface area contributed by atoms with Crippen molar-refractivity contribution in [2.45, 2.75) is 39.8 Å². The highest BCUT2D eigenvalue weighted by Gasteiger charge is 2.43. The molecule has 1 aliphatic heterocycles. The van der Waals surface area contributed by atoms with Gasteiger partial charge in [0.2, 0.25) is 0 Å². The quantitative estimate of drug-likeness (QED) is 0.306. The summed E-state index contributed by atoms with van der Waals surface area (Å²) in [7, 11) is 3.32. The first kappa shape index (κ1) is 24.8. The van der Waals surface area contributed by atoms with Crippen LogP contribution in [0, 0.1) is 27.7 Å². The summed E-state index contributed by atoms with van der Waals surface area (Å²) in [5.74, 6) is 1.42. The molecule has 2 atom stereocenters. The van der Waals surface area contributed by atoms with Crippen LogP contribution in [0.4, 0.5) is 5.69 Å². The molecule has 0 bridgehead atoms. The van der Waals surface area contributed by atoms with E-state index < -0.39 is 0 Å². The average molecular weight is 513 g/mol. The number of aromatic nitrogens is 2. The highest BCUT2D eigenvalue weighted by molar-refractivity contribution is 7.80. The Labute approximate surface area is 223 Å². The van der Waals surface area contributed by atoms with E-state index in [1.165, 1.54) is 33.8 Å². The number of anilines is 1. The lowest BCUT2D eigenvalue weighted by molar-refractivity contribution is 0.394. The van der Waals surface area contributed by atoms with Crippen LogP contribution in [0.3, 0.4) is 0 Å². The van der Waals surface area contributed by atoms with E-state index in [4.69, 9.17) is 26.7 Å². The van der Waals surface area contributed by atoms with E-state index in [2.05, 4.69) is 66.7 Å². The van der Waals surface area contributed by atoms with Crippen LogP contribution in [0.5, 0.6) is 11.5 Å². The van der Waals surface area contributed by atoms with Gasteiger partial charge in [0, 0.05) is 29.3 Å². The minimum atomic E-state index is -0.145. The molecule has 190 valence electrons. The van der Waals surface area contributed by atoms with Crippen LogP contribution >= 0.6 is 12.2 Å². The zero-order valence-corrected chi connectivity index (χ0v) is 22.9. The van der Waals surface area contributed by atoms with Gasteiger partial charge >= 0.3 is 0 Å². The molecule has 0 saturated carbocycles. The summed E-state index contributed by atoms with van der Waals surface area (Å²) < 4.78 is 13.6. The molecule has 0 aliphatic carbocycles. The zero-order chi connectivity index (χ0) is 26.3. The summed E-state index contributed by atoms with van der Waals surface area (Å²) in [4.78, 5) is 6.86. The molecule has 2 aromatic carbocycles. The van der Waals surface area contributed by atoms with Crippen LogP contribution in [0.1, 0.15) is 45.9 Å². The molecule has 3 heterocycles. The molecule has 1 fully saturated rings. The van der Waals surface area contributed by atoms with Crippen molar-refractivity contribution in [2.24, 2.45) is 0 Å². The van der Waals surface area contributed by atoms with Gasteiger partial charge in [-0.15, -0.1) is 0 Å². The standard InChI is InChI=1S/C30H32N4O2S/c1-18-10-9-12-25(20(18)3)33-19(2)16-23(21(33)4)29-28(24-11-7-8-15-31-24)32-30(37)34(29)26-14-13-22(35-5)17-27(26)36-6/h7-17,28-29H,1-6H3,(H,32,37)/t28-,29+/m1/s1. The van der Waals surface area contributed by atoms with E-state index in [-0.39, 0.29) is 12.1 Å². The molecule has 0 spiro atoms. The number of benzene rings is 2. The lowest BCUT2D eigenvalue weighted by Crippen LogP contribution is -2.30. The summed E-state index contributed by atoms with van der Waals surface area (Å²) in [6, 6.07) is 20.3. The van der Waals surface area contributed by atoms with Crippen LogP contribution in [0.2, 0.25) is 0 Å². The van der Waals surface area contributed by atoms with Gasteiger partial charge in [-0.1, -0.05) is 18.2 Å². The molecule has 1 N–H and O–H groups in total. The molecule has 6 nitrogen and oxygen atoms in total. The molecule has 7 heteroatoms. The van der Waals surface area contributed by atoms with E-state index in [0.717, 1.165) is 17.1 Å². The smallest absolute Gasteiger partial charge is 0.174 e. The van der Waals surface area contributed by atoms with E-state index >= 15 is 0 Å². The monoisotopic (exact) mass is 512 g/mol. The summed E-state index contributed by atoms with van der Waals surface area (Å²) in [6.07, 6.45) is 1.83. The Bertz CT molecular complexity index is 1460. The third-order valence-electron chi connectivity index (χ3n) is 7.35. The van der Waals surface area contributed by atoms with Gasteiger partial charge in [-0.3, -0.25) is 4.98 Å². The second-order valence-electron chi connectivity index (χ2n) is 9.42. The molecular formula is C30H32N4O2S. The number of methoxy groups -OCH3 is 2. The van der Waals surface area contributed by atoms with Crippen LogP contribution in [0.15, 0.2) is 66.9 Å². The van der Waals surface area contributed by atoms with Crippen molar-refractivity contribution in [1.29, 1.82) is 0 Å². The molecule has 4 aromatic rings. The van der Waals surface area contributed by atoms with Crippen LogP contribution in [-0.2, 0) is 0 Å². The third kappa shape index (κ3) is 4.23. The second kappa shape index (κ2) is 9.90. The van der Waals surface area contributed by atoms with E-state index in [9.17, 15) is 0 Å². The number of rotatable bonds is 6. The fraction of sp³-hybridized carbons (Fsp3) is 0.267. The largest absolute Gasteiger partial charge is 0.497 e. The number of nitrogens with one attached hydrogen (secondary N) is 1. The van der Waals surface area contributed by atoms with Gasteiger partial charge in [0.25, 0.3) is 0 Å². The molecule has 37 heavy (non-hydrogen) atoms. The summed E-state index contributed by atoms with van der Waals surface area (Å²) in [6.45, 7) is 8.68. The number of pyridine rings is 1.